The van der Waals surface area contributed by atoms with Gasteiger partial charge in [-0.1, -0.05) is 134 Å². The summed E-state index contributed by atoms with van der Waals surface area (Å²) in [4.78, 5) is 34.8. The fraction of sp³-hybridized carbons (Fsp3) is 0.821. The maximum Gasteiger partial charge on any atom is 0.322 e. The van der Waals surface area contributed by atoms with Crippen LogP contribution in [0.2, 0.25) is 0 Å². The van der Waals surface area contributed by atoms with Crippen molar-refractivity contribution in [2.24, 2.45) is 0 Å². The number of allylic oxidation sites excluding steroid dienone is 4. The van der Waals surface area contributed by atoms with E-state index in [9.17, 15) is 14.4 Å². The van der Waals surface area contributed by atoms with Crippen LogP contribution in [0, 0.1) is 0 Å². The lowest BCUT2D eigenvalue weighted by atomic mass is 10.0. The molecule has 45 heavy (non-hydrogen) atoms. The third-order valence-electron chi connectivity index (χ3n) is 8.38. The Morgan fingerprint density at radius 3 is 1.58 bits per heavy atom. The molecule has 0 spiro atoms. The largest absolute Gasteiger partial charge is 0.480 e. The molecule has 1 unspecified atom stereocenters. The van der Waals surface area contributed by atoms with Crippen LogP contribution >= 0.6 is 0 Å². The van der Waals surface area contributed by atoms with E-state index >= 15 is 0 Å². The molecule has 0 saturated carbocycles. The van der Waals surface area contributed by atoms with Crippen molar-refractivity contribution in [2.75, 3.05) is 6.54 Å². The summed E-state index contributed by atoms with van der Waals surface area (Å²) in [7, 11) is 0. The first kappa shape index (κ1) is 42.9. The standard InChI is InChI=1S/C39H71NO5/c1-3-5-7-9-11-13-14-15-16-17-18-19-21-26-30-34-39(44)45-36(31-27-23-20-12-10-8-6-4-2)32-28-24-22-25-29-33-37(41)40-35-38(42)43/h11,13,15-16,36H,3-10,12,14,17-35H2,1-2H3,(H,40,41)(H,42,43)/b13-11-,16-15-. The second-order valence-corrected chi connectivity index (χ2v) is 12.8. The number of carbonyl (C=O) groups is 3. The van der Waals surface area contributed by atoms with E-state index in [1.807, 2.05) is 0 Å². The third kappa shape index (κ3) is 34.6. The highest BCUT2D eigenvalue weighted by Gasteiger charge is 2.14. The number of carboxylic acid groups (broad SMARTS) is 1. The fourth-order valence-electron chi connectivity index (χ4n) is 5.54. The van der Waals surface area contributed by atoms with Crippen molar-refractivity contribution in [1.29, 1.82) is 0 Å². The minimum absolute atomic E-state index is 0.0253. The van der Waals surface area contributed by atoms with E-state index in [0.29, 0.717) is 12.8 Å². The van der Waals surface area contributed by atoms with Crippen molar-refractivity contribution in [3.63, 3.8) is 0 Å². The van der Waals surface area contributed by atoms with Gasteiger partial charge in [0.1, 0.15) is 12.6 Å². The number of aliphatic carboxylic acids is 1. The maximum atomic E-state index is 12.6. The second kappa shape index (κ2) is 34.8. The Labute approximate surface area is 277 Å². The Kier molecular flexibility index (Phi) is 33.1. The number of hydrogen-bond acceptors (Lipinski definition) is 4. The van der Waals surface area contributed by atoms with Crippen molar-refractivity contribution >= 4 is 17.8 Å². The number of carbonyl (C=O) groups excluding carboxylic acids is 2. The minimum Gasteiger partial charge on any atom is -0.480 e. The molecule has 1 atom stereocenters. The third-order valence-corrected chi connectivity index (χ3v) is 8.38. The zero-order valence-corrected chi connectivity index (χ0v) is 29.5. The number of esters is 1. The predicted octanol–water partition coefficient (Wildman–Crippen LogP) is 11.2. The van der Waals surface area contributed by atoms with E-state index in [4.69, 9.17) is 9.84 Å². The quantitative estimate of drug-likeness (QED) is 0.0418. The number of rotatable bonds is 34. The predicted molar refractivity (Wildman–Crippen MR) is 189 cm³/mol. The highest BCUT2D eigenvalue weighted by atomic mass is 16.5. The van der Waals surface area contributed by atoms with Gasteiger partial charge in [-0.05, 0) is 70.6 Å². The Bertz CT molecular complexity index is 748. The molecule has 1 amide bonds. The molecule has 0 heterocycles. The number of hydrogen-bond donors (Lipinski definition) is 2. The van der Waals surface area contributed by atoms with Crippen molar-refractivity contribution in [2.45, 2.75) is 200 Å². The van der Waals surface area contributed by atoms with Gasteiger partial charge in [-0.2, -0.15) is 0 Å². The number of unbranched alkanes of at least 4 members (excludes halogenated alkanes) is 19. The van der Waals surface area contributed by atoms with Crippen molar-refractivity contribution in [1.82, 2.24) is 5.32 Å². The van der Waals surface area contributed by atoms with Crippen LogP contribution in [0.5, 0.6) is 0 Å². The van der Waals surface area contributed by atoms with Crippen molar-refractivity contribution in [3.8, 4) is 0 Å². The molecular weight excluding hydrogens is 562 g/mol. The number of nitrogens with one attached hydrogen (secondary N) is 1. The summed E-state index contributed by atoms with van der Waals surface area (Å²) in [6, 6.07) is 0. The van der Waals surface area contributed by atoms with Gasteiger partial charge in [0.15, 0.2) is 0 Å². The summed E-state index contributed by atoms with van der Waals surface area (Å²) in [6.45, 7) is 4.18. The molecule has 0 aliphatic rings. The second-order valence-electron chi connectivity index (χ2n) is 12.8. The average Bonchev–Trinajstić information content (AvgIpc) is 3.02. The van der Waals surface area contributed by atoms with Crippen molar-refractivity contribution < 1.29 is 24.2 Å². The van der Waals surface area contributed by atoms with E-state index in [-0.39, 0.29) is 24.5 Å². The molecule has 262 valence electrons. The maximum absolute atomic E-state index is 12.6. The molecule has 0 aliphatic heterocycles. The summed E-state index contributed by atoms with van der Waals surface area (Å²) < 4.78 is 5.98. The average molecular weight is 634 g/mol. The van der Waals surface area contributed by atoms with Gasteiger partial charge >= 0.3 is 11.9 Å². The molecule has 0 bridgehead atoms. The summed E-state index contributed by atoms with van der Waals surface area (Å²) in [5.74, 6) is -1.24. The smallest absolute Gasteiger partial charge is 0.322 e. The first-order valence-corrected chi connectivity index (χ1v) is 19.0. The van der Waals surface area contributed by atoms with Crippen LogP contribution in [0.4, 0.5) is 0 Å². The normalized spacial score (nSPS) is 12.2. The molecule has 6 heteroatoms. The van der Waals surface area contributed by atoms with E-state index in [0.717, 1.165) is 77.0 Å². The number of amides is 1. The minimum atomic E-state index is -1.02. The van der Waals surface area contributed by atoms with Crippen LogP contribution < -0.4 is 5.32 Å². The Balaban J connectivity index is 4.12. The number of carboxylic acids is 1. The zero-order chi connectivity index (χ0) is 33.1. The van der Waals surface area contributed by atoms with Gasteiger partial charge in [0, 0.05) is 12.8 Å². The molecule has 0 radical (unpaired) electrons. The number of ether oxygens (including phenoxy) is 1. The molecule has 2 N–H and O–H groups in total. The van der Waals surface area contributed by atoms with E-state index in [1.165, 1.54) is 89.9 Å². The van der Waals surface area contributed by atoms with Crippen molar-refractivity contribution in [3.05, 3.63) is 24.3 Å². The van der Waals surface area contributed by atoms with Gasteiger partial charge in [-0.25, -0.2) is 0 Å². The van der Waals surface area contributed by atoms with Gasteiger partial charge < -0.3 is 15.2 Å². The summed E-state index contributed by atoms with van der Waals surface area (Å²) in [5, 5.41) is 11.0. The lowest BCUT2D eigenvalue weighted by Gasteiger charge is -2.18. The van der Waals surface area contributed by atoms with Gasteiger partial charge in [0.05, 0.1) is 0 Å². The fourth-order valence-corrected chi connectivity index (χ4v) is 5.54. The Hall–Kier alpha value is -2.11. The summed E-state index contributed by atoms with van der Waals surface area (Å²) in [5.41, 5.74) is 0. The first-order valence-electron chi connectivity index (χ1n) is 19.0. The summed E-state index contributed by atoms with van der Waals surface area (Å²) in [6.07, 6.45) is 40.0. The Morgan fingerprint density at radius 2 is 1.02 bits per heavy atom. The van der Waals surface area contributed by atoms with Gasteiger partial charge in [-0.3, -0.25) is 14.4 Å². The highest BCUT2D eigenvalue weighted by molar-refractivity contribution is 5.80. The van der Waals surface area contributed by atoms with Crippen LogP contribution in [0.15, 0.2) is 24.3 Å². The molecule has 0 aromatic heterocycles. The van der Waals surface area contributed by atoms with Crippen LogP contribution in [0.3, 0.4) is 0 Å². The monoisotopic (exact) mass is 634 g/mol. The first-order chi connectivity index (χ1) is 22.0. The van der Waals surface area contributed by atoms with Gasteiger partial charge in [0.2, 0.25) is 5.91 Å². The topological polar surface area (TPSA) is 92.7 Å². The molecule has 0 fully saturated rings. The molecule has 0 saturated heterocycles. The zero-order valence-electron chi connectivity index (χ0n) is 29.5. The molecule has 0 rings (SSSR count). The molecule has 0 aliphatic carbocycles. The highest BCUT2D eigenvalue weighted by Crippen LogP contribution is 2.18. The van der Waals surface area contributed by atoms with Gasteiger partial charge in [-0.15, -0.1) is 0 Å². The van der Waals surface area contributed by atoms with E-state index < -0.39 is 5.97 Å². The molecular formula is C39H71NO5. The lowest BCUT2D eigenvalue weighted by Crippen LogP contribution is -2.28. The van der Waals surface area contributed by atoms with Crippen LogP contribution in [0.1, 0.15) is 194 Å². The summed E-state index contributed by atoms with van der Waals surface area (Å²) >= 11 is 0. The lowest BCUT2D eigenvalue weighted by molar-refractivity contribution is -0.150. The molecule has 6 nitrogen and oxygen atoms in total. The van der Waals surface area contributed by atoms with Crippen LogP contribution in [-0.2, 0) is 19.1 Å². The molecule has 0 aromatic carbocycles. The van der Waals surface area contributed by atoms with Gasteiger partial charge in [0.25, 0.3) is 0 Å². The molecule has 0 aromatic rings. The SMILES string of the molecule is CCCCC/C=C\C/C=C\CCCCCCCC(=O)OC(CCCCCCCCCC)CCCCCCCC(=O)NCC(=O)O. The van der Waals surface area contributed by atoms with E-state index in [1.54, 1.807) is 0 Å². The van der Waals surface area contributed by atoms with Crippen LogP contribution in [0.25, 0.3) is 0 Å². The van der Waals surface area contributed by atoms with E-state index in [2.05, 4.69) is 43.5 Å². The van der Waals surface area contributed by atoms with Crippen LogP contribution in [-0.4, -0.2) is 35.6 Å². The Morgan fingerprint density at radius 1 is 0.578 bits per heavy atom.